The number of aliphatic hydroxyl groups is 2. The topological polar surface area (TPSA) is 92.1 Å². The third-order valence-corrected chi connectivity index (χ3v) is 8.36. The Labute approximate surface area is 203 Å². The van der Waals surface area contributed by atoms with E-state index in [-0.39, 0.29) is 17.9 Å². The number of ether oxygens (including phenoxy) is 2. The molecule has 186 valence electrons. The van der Waals surface area contributed by atoms with Gasteiger partial charge in [0.05, 0.1) is 25.3 Å². The summed E-state index contributed by atoms with van der Waals surface area (Å²) >= 11 is 0. The van der Waals surface area contributed by atoms with Gasteiger partial charge in [0, 0.05) is 32.7 Å². The number of likely N-dealkylation sites (tertiary alicyclic amines) is 1. The van der Waals surface area contributed by atoms with Crippen molar-refractivity contribution in [2.75, 3.05) is 26.8 Å². The fourth-order valence-corrected chi connectivity index (χ4v) is 5.18. The van der Waals surface area contributed by atoms with Crippen molar-refractivity contribution in [2.24, 2.45) is 11.8 Å². The largest absolute Gasteiger partial charge is 0.497 e. The Hall–Kier alpha value is -2.42. The van der Waals surface area contributed by atoms with Gasteiger partial charge in [0.15, 0.2) is 0 Å². The number of fused-ring (bicyclic) bond motifs is 1. The van der Waals surface area contributed by atoms with Crippen molar-refractivity contribution in [1.82, 2.24) is 9.88 Å². The van der Waals surface area contributed by atoms with E-state index < -0.39 is 20.3 Å². The van der Waals surface area contributed by atoms with Crippen LogP contribution in [0.5, 0.6) is 5.75 Å². The van der Waals surface area contributed by atoms with E-state index in [9.17, 15) is 15.0 Å². The lowest BCUT2D eigenvalue weighted by Gasteiger charge is -2.38. The van der Waals surface area contributed by atoms with Gasteiger partial charge in [-0.25, -0.2) is 4.79 Å². The number of carbonyl (C=O) groups excluding carboxylic acids is 1. The number of aromatic nitrogens is 1. The Morgan fingerprint density at radius 3 is 2.76 bits per heavy atom. The van der Waals surface area contributed by atoms with E-state index in [2.05, 4.69) is 31.2 Å². The van der Waals surface area contributed by atoms with Gasteiger partial charge in [0.1, 0.15) is 11.9 Å². The molecule has 2 N–H and O–H groups in total. The quantitative estimate of drug-likeness (QED) is 0.397. The molecule has 8 heteroatoms. The zero-order valence-corrected chi connectivity index (χ0v) is 21.7. The second-order valence-corrected chi connectivity index (χ2v) is 16.0. The minimum absolute atomic E-state index is 0.0226. The number of nitrogens with zero attached hydrogens (tertiary/aromatic N) is 2. The van der Waals surface area contributed by atoms with Gasteiger partial charge in [-0.3, -0.25) is 4.98 Å². The summed E-state index contributed by atoms with van der Waals surface area (Å²) in [7, 11) is 0.330. The van der Waals surface area contributed by atoms with Crippen LogP contribution in [0.2, 0.25) is 25.7 Å². The highest BCUT2D eigenvalue weighted by atomic mass is 28.3. The maximum Gasteiger partial charge on any atom is 0.409 e. The Morgan fingerprint density at radius 1 is 1.32 bits per heavy atom. The van der Waals surface area contributed by atoms with Gasteiger partial charge in [-0.1, -0.05) is 25.7 Å². The van der Waals surface area contributed by atoms with Crippen LogP contribution in [-0.4, -0.2) is 67.2 Å². The fourth-order valence-electron chi connectivity index (χ4n) is 4.47. The van der Waals surface area contributed by atoms with Gasteiger partial charge < -0.3 is 24.6 Å². The van der Waals surface area contributed by atoms with Crippen molar-refractivity contribution in [1.29, 1.82) is 0 Å². The third kappa shape index (κ3) is 6.58. The first kappa shape index (κ1) is 26.2. The molecule has 1 aliphatic heterocycles. The van der Waals surface area contributed by atoms with E-state index >= 15 is 0 Å². The summed E-state index contributed by atoms with van der Waals surface area (Å²) in [5.41, 5.74) is 1.35. The predicted octanol–water partition coefficient (Wildman–Crippen LogP) is 4.63. The number of hydrogen-bond donors (Lipinski definition) is 2. The lowest BCUT2D eigenvalue weighted by atomic mass is 9.80. The van der Waals surface area contributed by atoms with Crippen LogP contribution < -0.4 is 4.74 Å². The monoisotopic (exact) mass is 486 g/mol. The average molecular weight is 487 g/mol. The van der Waals surface area contributed by atoms with Crippen LogP contribution in [0.4, 0.5) is 4.79 Å². The van der Waals surface area contributed by atoms with Crippen molar-refractivity contribution in [3.8, 4) is 5.75 Å². The normalized spacial score (nSPS) is 20.6. The lowest BCUT2D eigenvalue weighted by Crippen LogP contribution is -2.44. The van der Waals surface area contributed by atoms with E-state index in [1.54, 1.807) is 24.3 Å². The molecule has 1 saturated heterocycles. The number of benzene rings is 1. The van der Waals surface area contributed by atoms with E-state index in [1.165, 1.54) is 0 Å². The highest BCUT2D eigenvalue weighted by molar-refractivity contribution is 6.76. The molecule has 0 bridgehead atoms. The van der Waals surface area contributed by atoms with E-state index in [4.69, 9.17) is 9.47 Å². The van der Waals surface area contributed by atoms with Gasteiger partial charge >= 0.3 is 6.09 Å². The highest BCUT2D eigenvalue weighted by Crippen LogP contribution is 2.34. The molecular formula is C26H38N2O5Si. The molecule has 0 aliphatic carbocycles. The molecule has 34 heavy (non-hydrogen) atoms. The van der Waals surface area contributed by atoms with Crippen LogP contribution >= 0.6 is 0 Å². The molecule has 1 aromatic heterocycles. The number of methoxy groups -OCH3 is 1. The summed E-state index contributed by atoms with van der Waals surface area (Å²) in [4.78, 5) is 18.6. The standard InChI is InChI=1S/C26H38N2O5Si/c1-6-18-17-28(26(31)33-13-14-34(3,4)5)12-10-19(18)15-24(29)25(30)21-9-11-27-23-8-7-20(32-2)16-22(21)23/h6-9,11,16,18-19,24-25,29-30H,1,10,12-15,17H2,2-5H3/t18-,19-,24+,25+/m0/s1. The van der Waals surface area contributed by atoms with Gasteiger partial charge in [-0.2, -0.15) is 0 Å². The van der Waals surface area contributed by atoms with Crippen molar-refractivity contribution in [3.63, 3.8) is 0 Å². The zero-order chi connectivity index (χ0) is 24.9. The number of piperidine rings is 1. The molecule has 2 aromatic rings. The van der Waals surface area contributed by atoms with Gasteiger partial charge in [0.2, 0.25) is 0 Å². The summed E-state index contributed by atoms with van der Waals surface area (Å²) in [5, 5.41) is 22.7. The Bertz CT molecular complexity index is 993. The van der Waals surface area contributed by atoms with E-state index in [0.29, 0.717) is 43.9 Å². The van der Waals surface area contributed by atoms with Crippen molar-refractivity contribution >= 4 is 25.1 Å². The summed E-state index contributed by atoms with van der Waals surface area (Å²) in [6.07, 6.45) is 2.31. The molecule has 3 rings (SSSR count). The van der Waals surface area contributed by atoms with Crippen LogP contribution in [0.1, 0.15) is 24.5 Å². The number of aliphatic hydroxyl groups excluding tert-OH is 2. The Morgan fingerprint density at radius 2 is 2.09 bits per heavy atom. The summed E-state index contributed by atoms with van der Waals surface area (Å²) in [5.74, 6) is 0.796. The molecule has 1 amide bonds. The van der Waals surface area contributed by atoms with Crippen LogP contribution in [0.25, 0.3) is 10.9 Å². The first-order valence-electron chi connectivity index (χ1n) is 12.0. The molecule has 0 saturated carbocycles. The minimum Gasteiger partial charge on any atom is -0.497 e. The lowest BCUT2D eigenvalue weighted by molar-refractivity contribution is -0.00797. The second-order valence-electron chi connectivity index (χ2n) is 10.4. The molecule has 1 aliphatic rings. The SMILES string of the molecule is C=C[C@H]1CN(C(=O)OCC[Si](C)(C)C)CC[C@H]1C[C@@H](O)[C@H](O)c1ccnc2ccc(OC)cc12. The van der Waals surface area contributed by atoms with Gasteiger partial charge in [0.25, 0.3) is 0 Å². The van der Waals surface area contributed by atoms with E-state index in [1.807, 2.05) is 24.3 Å². The molecule has 0 spiro atoms. The van der Waals surface area contributed by atoms with Crippen LogP contribution in [0, 0.1) is 11.8 Å². The van der Waals surface area contributed by atoms with Crippen LogP contribution in [0.3, 0.4) is 0 Å². The zero-order valence-electron chi connectivity index (χ0n) is 20.7. The number of hydrogen-bond acceptors (Lipinski definition) is 6. The second kappa shape index (κ2) is 11.3. The molecular weight excluding hydrogens is 448 g/mol. The first-order valence-corrected chi connectivity index (χ1v) is 15.7. The van der Waals surface area contributed by atoms with Crippen molar-refractivity contribution in [2.45, 2.75) is 50.7 Å². The fraction of sp³-hybridized carbons (Fsp3) is 0.538. The number of amides is 1. The van der Waals surface area contributed by atoms with Gasteiger partial charge in [-0.15, -0.1) is 6.58 Å². The molecule has 1 aromatic carbocycles. The third-order valence-electron chi connectivity index (χ3n) is 6.65. The maximum atomic E-state index is 12.5. The highest BCUT2D eigenvalue weighted by Gasteiger charge is 2.34. The van der Waals surface area contributed by atoms with Gasteiger partial charge in [-0.05, 0) is 60.6 Å². The molecule has 2 heterocycles. The van der Waals surface area contributed by atoms with Crippen molar-refractivity contribution < 1.29 is 24.5 Å². The summed E-state index contributed by atoms with van der Waals surface area (Å²) in [6.45, 7) is 12.3. The van der Waals surface area contributed by atoms with E-state index in [0.717, 1.165) is 16.9 Å². The number of carbonyl (C=O) groups is 1. The number of rotatable bonds is 9. The molecule has 0 radical (unpaired) electrons. The maximum absolute atomic E-state index is 12.5. The Kier molecular flexibility index (Phi) is 8.73. The summed E-state index contributed by atoms with van der Waals surface area (Å²) in [6, 6.07) is 8.16. The van der Waals surface area contributed by atoms with Crippen LogP contribution in [-0.2, 0) is 4.74 Å². The van der Waals surface area contributed by atoms with Crippen molar-refractivity contribution in [3.05, 3.63) is 48.7 Å². The smallest absolute Gasteiger partial charge is 0.409 e. The molecule has 7 nitrogen and oxygen atoms in total. The average Bonchev–Trinajstić information content (AvgIpc) is 2.82. The van der Waals surface area contributed by atoms with Crippen LogP contribution in [0.15, 0.2) is 43.1 Å². The molecule has 1 fully saturated rings. The first-order chi connectivity index (χ1) is 16.1. The Balaban J connectivity index is 1.63. The predicted molar refractivity (Wildman–Crippen MR) is 137 cm³/mol. The summed E-state index contributed by atoms with van der Waals surface area (Å²) < 4.78 is 10.8. The molecule has 0 unspecified atom stereocenters. The molecule has 4 atom stereocenters. The number of pyridine rings is 1. The minimum atomic E-state index is -1.26.